The lowest BCUT2D eigenvalue weighted by molar-refractivity contribution is -0.165. The van der Waals surface area contributed by atoms with Crippen LogP contribution in [0.5, 0.6) is 0 Å². The van der Waals surface area contributed by atoms with Gasteiger partial charge in [0, 0.05) is 13.2 Å². The van der Waals surface area contributed by atoms with Gasteiger partial charge in [-0.1, -0.05) is 64.7 Å². The highest BCUT2D eigenvalue weighted by Gasteiger charge is 2.08. The molecular weight excluding hydrogens is 276 g/mol. The van der Waals surface area contributed by atoms with E-state index >= 15 is 0 Å². The van der Waals surface area contributed by atoms with Crippen molar-refractivity contribution in [2.45, 2.75) is 104 Å². The quantitative estimate of drug-likeness (QED) is 0.254. The zero-order valence-corrected chi connectivity index (χ0v) is 15.6. The molecule has 0 aromatic rings. The van der Waals surface area contributed by atoms with Crippen LogP contribution < -0.4 is 0 Å². The van der Waals surface area contributed by atoms with Gasteiger partial charge in [-0.15, -0.1) is 0 Å². The second-order valence-corrected chi connectivity index (χ2v) is 6.23. The molecule has 0 bridgehead atoms. The third-order valence-corrected chi connectivity index (χ3v) is 3.82. The average Bonchev–Trinajstić information content (AvgIpc) is 2.48. The van der Waals surface area contributed by atoms with E-state index in [0.717, 1.165) is 6.61 Å². The standard InChI is InChI=1S/C19H40O3/c1-5-7-8-9-10-11-12-13-14-15-16-20-17-18(3)22-19(4)21-6-2/h18-19H,5-17H2,1-4H3/t18-,19+/m0/s1. The van der Waals surface area contributed by atoms with Gasteiger partial charge in [-0.25, -0.2) is 0 Å². The number of hydrogen-bond acceptors (Lipinski definition) is 3. The zero-order valence-electron chi connectivity index (χ0n) is 15.6. The minimum Gasteiger partial charge on any atom is -0.379 e. The van der Waals surface area contributed by atoms with E-state index in [4.69, 9.17) is 14.2 Å². The Morgan fingerprint density at radius 3 is 1.82 bits per heavy atom. The lowest BCUT2D eigenvalue weighted by Gasteiger charge is -2.18. The molecule has 0 unspecified atom stereocenters. The fraction of sp³-hybridized carbons (Fsp3) is 1.00. The maximum absolute atomic E-state index is 5.67. The van der Waals surface area contributed by atoms with E-state index in [0.29, 0.717) is 13.2 Å². The van der Waals surface area contributed by atoms with Gasteiger partial charge in [0.15, 0.2) is 6.29 Å². The summed E-state index contributed by atoms with van der Waals surface area (Å²) in [6.45, 7) is 10.4. The van der Waals surface area contributed by atoms with E-state index in [1.807, 2.05) is 20.8 Å². The van der Waals surface area contributed by atoms with E-state index in [-0.39, 0.29) is 12.4 Å². The van der Waals surface area contributed by atoms with Crippen molar-refractivity contribution >= 4 is 0 Å². The maximum Gasteiger partial charge on any atom is 0.155 e. The van der Waals surface area contributed by atoms with Crippen molar-refractivity contribution in [3.63, 3.8) is 0 Å². The predicted molar refractivity (Wildman–Crippen MR) is 94.3 cm³/mol. The summed E-state index contributed by atoms with van der Waals surface area (Å²) in [4.78, 5) is 0. The summed E-state index contributed by atoms with van der Waals surface area (Å²) in [7, 11) is 0. The van der Waals surface area contributed by atoms with Crippen LogP contribution >= 0.6 is 0 Å². The van der Waals surface area contributed by atoms with Gasteiger partial charge in [0.05, 0.1) is 12.7 Å². The lowest BCUT2D eigenvalue weighted by Crippen LogP contribution is -2.24. The Bertz CT molecular complexity index is 209. The SMILES string of the molecule is CCCCCCCCCCCCOC[C@H](C)O[C@H](C)OCC. The van der Waals surface area contributed by atoms with Crippen LogP contribution in [0.15, 0.2) is 0 Å². The zero-order chi connectivity index (χ0) is 16.5. The fourth-order valence-corrected chi connectivity index (χ4v) is 2.58. The van der Waals surface area contributed by atoms with Gasteiger partial charge in [-0.2, -0.15) is 0 Å². The van der Waals surface area contributed by atoms with Gasteiger partial charge in [-0.05, 0) is 27.2 Å². The summed E-state index contributed by atoms with van der Waals surface area (Å²) in [6.07, 6.45) is 13.6. The highest BCUT2D eigenvalue weighted by atomic mass is 16.7. The van der Waals surface area contributed by atoms with Gasteiger partial charge in [0.1, 0.15) is 0 Å². The lowest BCUT2D eigenvalue weighted by atomic mass is 10.1. The second kappa shape index (κ2) is 17.2. The number of hydrogen-bond donors (Lipinski definition) is 0. The van der Waals surface area contributed by atoms with Crippen LogP contribution in [-0.2, 0) is 14.2 Å². The largest absolute Gasteiger partial charge is 0.379 e. The molecule has 0 spiro atoms. The highest BCUT2D eigenvalue weighted by molar-refractivity contribution is 4.50. The van der Waals surface area contributed by atoms with Crippen molar-refractivity contribution in [1.29, 1.82) is 0 Å². The fourth-order valence-electron chi connectivity index (χ4n) is 2.58. The van der Waals surface area contributed by atoms with Gasteiger partial charge >= 0.3 is 0 Å². The van der Waals surface area contributed by atoms with Crippen LogP contribution in [-0.4, -0.2) is 32.2 Å². The van der Waals surface area contributed by atoms with E-state index < -0.39 is 0 Å². The Balaban J connectivity index is 3.16. The van der Waals surface area contributed by atoms with Crippen molar-refractivity contribution in [3.8, 4) is 0 Å². The van der Waals surface area contributed by atoms with E-state index in [1.54, 1.807) is 0 Å². The first kappa shape index (κ1) is 21.9. The smallest absolute Gasteiger partial charge is 0.155 e. The van der Waals surface area contributed by atoms with Gasteiger partial charge in [-0.3, -0.25) is 0 Å². The first-order valence-electron chi connectivity index (χ1n) is 9.55. The van der Waals surface area contributed by atoms with Crippen molar-refractivity contribution in [2.24, 2.45) is 0 Å². The molecule has 0 heterocycles. The third-order valence-electron chi connectivity index (χ3n) is 3.82. The highest BCUT2D eigenvalue weighted by Crippen LogP contribution is 2.10. The van der Waals surface area contributed by atoms with Crippen LogP contribution in [0, 0.1) is 0 Å². The Kier molecular flexibility index (Phi) is 17.1. The molecule has 0 aliphatic rings. The summed E-state index contributed by atoms with van der Waals surface area (Å²) in [6, 6.07) is 0. The minimum absolute atomic E-state index is 0.102. The Morgan fingerprint density at radius 1 is 0.727 bits per heavy atom. The van der Waals surface area contributed by atoms with E-state index in [9.17, 15) is 0 Å². The maximum atomic E-state index is 5.67. The number of rotatable bonds is 17. The molecule has 2 atom stereocenters. The molecule has 3 nitrogen and oxygen atoms in total. The molecule has 134 valence electrons. The molecule has 0 aromatic carbocycles. The summed E-state index contributed by atoms with van der Waals surface area (Å²) >= 11 is 0. The first-order chi connectivity index (χ1) is 10.7. The second-order valence-electron chi connectivity index (χ2n) is 6.23. The van der Waals surface area contributed by atoms with Crippen molar-refractivity contribution in [1.82, 2.24) is 0 Å². The number of unbranched alkanes of at least 4 members (excludes halogenated alkanes) is 9. The molecule has 0 rings (SSSR count). The molecule has 0 saturated heterocycles. The minimum atomic E-state index is -0.138. The molecule has 0 radical (unpaired) electrons. The molecule has 0 aromatic heterocycles. The molecule has 0 N–H and O–H groups in total. The van der Waals surface area contributed by atoms with Crippen LogP contribution in [0.2, 0.25) is 0 Å². The molecular formula is C19H40O3. The van der Waals surface area contributed by atoms with Crippen LogP contribution in [0.4, 0.5) is 0 Å². The normalized spacial score (nSPS) is 14.2. The summed E-state index contributed by atoms with van der Waals surface area (Å²) in [5.74, 6) is 0. The van der Waals surface area contributed by atoms with Crippen LogP contribution in [0.1, 0.15) is 91.9 Å². The van der Waals surface area contributed by atoms with Gasteiger partial charge in [0.25, 0.3) is 0 Å². The molecule has 3 heteroatoms. The summed E-state index contributed by atoms with van der Waals surface area (Å²) in [5, 5.41) is 0. The molecule has 0 aliphatic heterocycles. The first-order valence-corrected chi connectivity index (χ1v) is 9.55. The monoisotopic (exact) mass is 316 g/mol. The Hall–Kier alpha value is -0.120. The predicted octanol–water partition coefficient (Wildman–Crippen LogP) is 5.71. The Morgan fingerprint density at radius 2 is 1.27 bits per heavy atom. The van der Waals surface area contributed by atoms with Gasteiger partial charge < -0.3 is 14.2 Å². The average molecular weight is 317 g/mol. The van der Waals surface area contributed by atoms with E-state index in [2.05, 4.69) is 6.92 Å². The van der Waals surface area contributed by atoms with Crippen molar-refractivity contribution in [3.05, 3.63) is 0 Å². The molecule has 0 aliphatic carbocycles. The van der Waals surface area contributed by atoms with Crippen LogP contribution in [0.25, 0.3) is 0 Å². The molecule has 0 saturated carbocycles. The van der Waals surface area contributed by atoms with Crippen molar-refractivity contribution in [2.75, 3.05) is 19.8 Å². The Labute approximate surface area is 139 Å². The van der Waals surface area contributed by atoms with Gasteiger partial charge in [0.2, 0.25) is 0 Å². The third kappa shape index (κ3) is 16.3. The van der Waals surface area contributed by atoms with Crippen LogP contribution in [0.3, 0.4) is 0 Å². The summed E-state index contributed by atoms with van der Waals surface area (Å²) < 4.78 is 16.7. The molecule has 22 heavy (non-hydrogen) atoms. The topological polar surface area (TPSA) is 27.7 Å². The summed E-state index contributed by atoms with van der Waals surface area (Å²) in [5.41, 5.74) is 0. The van der Waals surface area contributed by atoms with Crippen molar-refractivity contribution < 1.29 is 14.2 Å². The number of ether oxygens (including phenoxy) is 3. The molecule has 0 fully saturated rings. The van der Waals surface area contributed by atoms with E-state index in [1.165, 1.54) is 64.2 Å². The molecule has 0 amide bonds.